The van der Waals surface area contributed by atoms with Gasteiger partial charge in [0.05, 0.1) is 6.10 Å². The van der Waals surface area contributed by atoms with Crippen LogP contribution in [0.3, 0.4) is 0 Å². The molecule has 0 aromatic carbocycles. The van der Waals surface area contributed by atoms with Gasteiger partial charge in [-0.1, -0.05) is 12.8 Å². The first-order valence-corrected chi connectivity index (χ1v) is 5.36. The molecule has 0 rings (SSSR count). The smallest absolute Gasteiger partial charge is 0.119 e. The maximum Gasteiger partial charge on any atom is 0.119 e. The van der Waals surface area contributed by atoms with Crippen molar-refractivity contribution in [3.05, 3.63) is 0 Å². The van der Waals surface area contributed by atoms with E-state index in [0.717, 1.165) is 51.1 Å². The molecular formula is C11H20O3. The zero-order chi connectivity index (χ0) is 10.6. The summed E-state index contributed by atoms with van der Waals surface area (Å²) >= 11 is 0. The predicted molar refractivity (Wildman–Crippen MR) is 55.1 cm³/mol. The second kappa shape index (κ2) is 10.4. The molecule has 0 bridgehead atoms. The van der Waals surface area contributed by atoms with Crippen molar-refractivity contribution in [1.82, 2.24) is 0 Å². The summed E-state index contributed by atoms with van der Waals surface area (Å²) < 4.78 is 0. The third kappa shape index (κ3) is 9.39. The predicted octanol–water partition coefficient (Wildman–Crippen LogP) is 1.87. The van der Waals surface area contributed by atoms with E-state index in [1.54, 1.807) is 0 Å². The maximum absolute atomic E-state index is 10.00. The van der Waals surface area contributed by atoms with Crippen LogP contribution in [0.1, 0.15) is 51.4 Å². The van der Waals surface area contributed by atoms with Gasteiger partial charge in [-0.2, -0.15) is 0 Å². The Balaban J connectivity index is 3.14. The zero-order valence-electron chi connectivity index (χ0n) is 8.65. The maximum atomic E-state index is 10.00. The highest BCUT2D eigenvalue weighted by molar-refractivity contribution is 5.49. The quantitative estimate of drug-likeness (QED) is 0.432. The monoisotopic (exact) mass is 200 g/mol. The Morgan fingerprint density at radius 1 is 0.857 bits per heavy atom. The number of hydrogen-bond acceptors (Lipinski definition) is 3. The second-order valence-electron chi connectivity index (χ2n) is 3.56. The van der Waals surface area contributed by atoms with Crippen LogP contribution in [0.4, 0.5) is 0 Å². The fraction of sp³-hybridized carbons (Fsp3) is 0.818. The highest BCUT2D eigenvalue weighted by Gasteiger charge is 2.02. The van der Waals surface area contributed by atoms with E-state index in [1.165, 1.54) is 0 Å². The average Bonchev–Trinajstić information content (AvgIpc) is 2.19. The summed E-state index contributed by atoms with van der Waals surface area (Å²) in [5.41, 5.74) is 0. The van der Waals surface area contributed by atoms with E-state index in [9.17, 15) is 14.7 Å². The first-order valence-electron chi connectivity index (χ1n) is 5.36. The van der Waals surface area contributed by atoms with E-state index in [1.807, 2.05) is 0 Å². The lowest BCUT2D eigenvalue weighted by Gasteiger charge is -2.08. The molecule has 3 nitrogen and oxygen atoms in total. The van der Waals surface area contributed by atoms with Crippen LogP contribution in [0.2, 0.25) is 0 Å². The molecule has 0 heterocycles. The van der Waals surface area contributed by atoms with Gasteiger partial charge >= 0.3 is 0 Å². The number of rotatable bonds is 10. The first-order chi connectivity index (χ1) is 6.81. The van der Waals surface area contributed by atoms with Crippen LogP contribution >= 0.6 is 0 Å². The number of carbonyl (C=O) groups is 2. The molecule has 0 radical (unpaired) electrons. The van der Waals surface area contributed by atoms with Crippen molar-refractivity contribution in [3.63, 3.8) is 0 Å². The molecule has 0 aliphatic rings. The normalized spacial score (nSPS) is 10.4. The number of carbonyl (C=O) groups excluding carboxylic acids is 2. The van der Waals surface area contributed by atoms with Crippen molar-refractivity contribution in [1.29, 1.82) is 0 Å². The zero-order valence-corrected chi connectivity index (χ0v) is 8.65. The molecule has 0 spiro atoms. The van der Waals surface area contributed by atoms with Gasteiger partial charge in [0.2, 0.25) is 0 Å². The standard InChI is InChI=1S/C11H20O3/c12-9-5-1-3-7-11(14)8-4-2-6-10-13/h9-11,14H,1-8H2. The minimum atomic E-state index is -0.256. The lowest BCUT2D eigenvalue weighted by molar-refractivity contribution is -0.108. The van der Waals surface area contributed by atoms with Gasteiger partial charge in [0, 0.05) is 12.8 Å². The van der Waals surface area contributed by atoms with E-state index < -0.39 is 0 Å². The van der Waals surface area contributed by atoms with Gasteiger partial charge < -0.3 is 14.7 Å². The van der Waals surface area contributed by atoms with Crippen molar-refractivity contribution in [2.75, 3.05) is 0 Å². The Morgan fingerprint density at radius 3 is 1.64 bits per heavy atom. The Bertz CT molecular complexity index is 129. The molecular weight excluding hydrogens is 180 g/mol. The van der Waals surface area contributed by atoms with Crippen LogP contribution in [-0.4, -0.2) is 23.8 Å². The molecule has 1 N–H and O–H groups in total. The molecule has 0 aromatic heterocycles. The molecule has 0 saturated heterocycles. The van der Waals surface area contributed by atoms with Crippen molar-refractivity contribution < 1.29 is 14.7 Å². The van der Waals surface area contributed by atoms with E-state index in [0.29, 0.717) is 12.8 Å². The van der Waals surface area contributed by atoms with Crippen LogP contribution in [-0.2, 0) is 9.59 Å². The molecule has 3 heteroatoms. The van der Waals surface area contributed by atoms with Crippen LogP contribution in [0, 0.1) is 0 Å². The Morgan fingerprint density at radius 2 is 1.29 bits per heavy atom. The Labute approximate surface area is 85.5 Å². The minimum Gasteiger partial charge on any atom is -0.393 e. The van der Waals surface area contributed by atoms with Gasteiger partial charge in [-0.15, -0.1) is 0 Å². The van der Waals surface area contributed by atoms with E-state index >= 15 is 0 Å². The highest BCUT2D eigenvalue weighted by Crippen LogP contribution is 2.09. The molecule has 0 fully saturated rings. The Kier molecular flexibility index (Phi) is 9.86. The van der Waals surface area contributed by atoms with Crippen LogP contribution in [0.25, 0.3) is 0 Å². The summed E-state index contributed by atoms with van der Waals surface area (Å²) in [6, 6.07) is 0. The lowest BCUT2D eigenvalue weighted by Crippen LogP contribution is -2.05. The molecule has 82 valence electrons. The SMILES string of the molecule is O=CCCCCC(O)CCCCC=O. The summed E-state index contributed by atoms with van der Waals surface area (Å²) in [6.07, 6.45) is 7.87. The summed E-state index contributed by atoms with van der Waals surface area (Å²) in [6.45, 7) is 0. The third-order valence-electron chi connectivity index (χ3n) is 2.22. The van der Waals surface area contributed by atoms with Gasteiger partial charge in [-0.25, -0.2) is 0 Å². The van der Waals surface area contributed by atoms with Gasteiger partial charge in [0.25, 0.3) is 0 Å². The molecule has 0 aliphatic heterocycles. The second-order valence-corrected chi connectivity index (χ2v) is 3.56. The van der Waals surface area contributed by atoms with Gasteiger partial charge in [0.15, 0.2) is 0 Å². The molecule has 0 unspecified atom stereocenters. The van der Waals surface area contributed by atoms with Crippen LogP contribution in [0.5, 0.6) is 0 Å². The van der Waals surface area contributed by atoms with Crippen LogP contribution in [0.15, 0.2) is 0 Å². The Hall–Kier alpha value is -0.700. The first kappa shape index (κ1) is 13.3. The number of aliphatic hydroxyl groups excluding tert-OH is 1. The lowest BCUT2D eigenvalue weighted by atomic mass is 10.0. The summed E-state index contributed by atoms with van der Waals surface area (Å²) in [5.74, 6) is 0. The number of hydrogen-bond donors (Lipinski definition) is 1. The molecule has 0 saturated carbocycles. The molecule has 0 aromatic rings. The summed E-state index contributed by atoms with van der Waals surface area (Å²) in [7, 11) is 0. The molecule has 0 atom stereocenters. The van der Waals surface area contributed by atoms with Gasteiger partial charge in [-0.3, -0.25) is 0 Å². The average molecular weight is 200 g/mol. The molecule has 0 amide bonds. The van der Waals surface area contributed by atoms with E-state index in [4.69, 9.17) is 0 Å². The van der Waals surface area contributed by atoms with E-state index in [2.05, 4.69) is 0 Å². The highest BCUT2D eigenvalue weighted by atomic mass is 16.3. The number of unbranched alkanes of at least 4 members (excludes halogenated alkanes) is 4. The number of aldehydes is 2. The largest absolute Gasteiger partial charge is 0.393 e. The fourth-order valence-electron chi connectivity index (χ4n) is 1.36. The van der Waals surface area contributed by atoms with Gasteiger partial charge in [-0.05, 0) is 25.7 Å². The van der Waals surface area contributed by atoms with Crippen molar-refractivity contribution in [3.8, 4) is 0 Å². The minimum absolute atomic E-state index is 0.256. The van der Waals surface area contributed by atoms with Crippen molar-refractivity contribution in [2.24, 2.45) is 0 Å². The van der Waals surface area contributed by atoms with Crippen molar-refractivity contribution >= 4 is 12.6 Å². The fourth-order valence-corrected chi connectivity index (χ4v) is 1.36. The number of aliphatic hydroxyl groups is 1. The van der Waals surface area contributed by atoms with E-state index in [-0.39, 0.29) is 6.10 Å². The third-order valence-corrected chi connectivity index (χ3v) is 2.22. The topological polar surface area (TPSA) is 54.4 Å². The molecule has 14 heavy (non-hydrogen) atoms. The van der Waals surface area contributed by atoms with Crippen molar-refractivity contribution in [2.45, 2.75) is 57.5 Å². The molecule has 0 aliphatic carbocycles. The summed E-state index contributed by atoms with van der Waals surface area (Å²) in [5, 5.41) is 9.47. The van der Waals surface area contributed by atoms with Crippen LogP contribution < -0.4 is 0 Å². The summed E-state index contributed by atoms with van der Waals surface area (Å²) in [4.78, 5) is 20.0. The van der Waals surface area contributed by atoms with Gasteiger partial charge in [0.1, 0.15) is 12.6 Å².